The van der Waals surface area contributed by atoms with Gasteiger partial charge in [-0.1, -0.05) is 84.9 Å². The Labute approximate surface area is 161 Å². The van der Waals surface area contributed by atoms with Crippen LogP contribution in [0.25, 0.3) is 0 Å². The molecule has 1 unspecified atom stereocenters. The molecule has 0 saturated carbocycles. The molecule has 3 aromatic carbocycles. The summed E-state index contributed by atoms with van der Waals surface area (Å²) in [7, 11) is 1.75. The maximum absolute atomic E-state index is 13.6. The maximum atomic E-state index is 13.6. The van der Waals surface area contributed by atoms with Gasteiger partial charge in [-0.15, -0.1) is 0 Å². The van der Waals surface area contributed by atoms with Crippen LogP contribution in [0.4, 0.5) is 0 Å². The third kappa shape index (κ3) is 2.86. The highest BCUT2D eigenvalue weighted by molar-refractivity contribution is 5.93. The number of hydrogen-bond acceptors (Lipinski definition) is 1. The van der Waals surface area contributed by atoms with Crippen LogP contribution >= 0.6 is 0 Å². The fourth-order valence-corrected chi connectivity index (χ4v) is 4.79. The number of amides is 1. The fraction of sp³-hybridized carbons (Fsp3) is 0.240. The molecule has 0 aromatic heterocycles. The van der Waals surface area contributed by atoms with Gasteiger partial charge >= 0.3 is 0 Å². The molecule has 0 bridgehead atoms. The van der Waals surface area contributed by atoms with Gasteiger partial charge in [-0.3, -0.25) is 4.79 Å². The summed E-state index contributed by atoms with van der Waals surface area (Å²) in [6.45, 7) is 0. The molecular weight excluding hydrogens is 330 g/mol. The minimum Gasteiger partial charge on any atom is -0.358 e. The van der Waals surface area contributed by atoms with E-state index in [4.69, 9.17) is 0 Å². The number of hydrogen-bond donors (Lipinski definition) is 1. The van der Waals surface area contributed by atoms with Crippen molar-refractivity contribution in [1.29, 1.82) is 0 Å². The van der Waals surface area contributed by atoms with Gasteiger partial charge in [0.25, 0.3) is 0 Å². The SMILES string of the molecule is CNC(=O)C(c1ccccc1)(c1ccccc1)C1CCCc2ccccc21. The average molecular weight is 355 g/mol. The molecule has 1 N–H and O–H groups in total. The Balaban J connectivity index is 2.04. The Morgan fingerprint density at radius 1 is 0.852 bits per heavy atom. The fourth-order valence-electron chi connectivity index (χ4n) is 4.79. The minimum absolute atomic E-state index is 0.0570. The van der Waals surface area contributed by atoms with Crippen molar-refractivity contribution in [3.05, 3.63) is 107 Å². The Morgan fingerprint density at radius 2 is 1.41 bits per heavy atom. The predicted molar refractivity (Wildman–Crippen MR) is 110 cm³/mol. The molecule has 0 fully saturated rings. The van der Waals surface area contributed by atoms with Gasteiger partial charge in [-0.25, -0.2) is 0 Å². The van der Waals surface area contributed by atoms with Crippen molar-refractivity contribution in [1.82, 2.24) is 5.32 Å². The van der Waals surface area contributed by atoms with Gasteiger partial charge in [-0.2, -0.15) is 0 Å². The molecule has 136 valence electrons. The summed E-state index contributed by atoms with van der Waals surface area (Å²) in [6, 6.07) is 29.2. The molecule has 2 nitrogen and oxygen atoms in total. The van der Waals surface area contributed by atoms with Gasteiger partial charge in [-0.05, 0) is 41.5 Å². The van der Waals surface area contributed by atoms with Crippen molar-refractivity contribution < 1.29 is 4.79 Å². The molecule has 0 aliphatic heterocycles. The summed E-state index contributed by atoms with van der Waals surface area (Å²) in [6.07, 6.45) is 3.17. The van der Waals surface area contributed by atoms with E-state index in [2.05, 4.69) is 53.8 Å². The Hall–Kier alpha value is -2.87. The molecule has 0 heterocycles. The minimum atomic E-state index is -0.742. The van der Waals surface area contributed by atoms with Crippen molar-refractivity contribution in [2.45, 2.75) is 30.6 Å². The monoisotopic (exact) mass is 355 g/mol. The number of benzene rings is 3. The van der Waals surface area contributed by atoms with Crippen LogP contribution in [0.3, 0.4) is 0 Å². The maximum Gasteiger partial charge on any atom is 0.235 e. The quantitative estimate of drug-likeness (QED) is 0.713. The van der Waals surface area contributed by atoms with Gasteiger partial charge in [0.2, 0.25) is 5.91 Å². The number of rotatable bonds is 4. The van der Waals surface area contributed by atoms with Crippen LogP contribution in [-0.4, -0.2) is 13.0 Å². The molecule has 4 rings (SSSR count). The van der Waals surface area contributed by atoms with Gasteiger partial charge in [0, 0.05) is 13.0 Å². The van der Waals surface area contributed by atoms with Crippen molar-refractivity contribution in [3.63, 3.8) is 0 Å². The number of carbonyl (C=O) groups is 1. The highest BCUT2D eigenvalue weighted by atomic mass is 16.2. The highest BCUT2D eigenvalue weighted by Gasteiger charge is 2.49. The number of likely N-dealkylation sites (N-methyl/N-ethyl adjacent to an activating group) is 1. The summed E-state index contributed by atoms with van der Waals surface area (Å²) in [5, 5.41) is 2.99. The first-order valence-corrected chi connectivity index (χ1v) is 9.69. The second-order valence-electron chi connectivity index (χ2n) is 7.26. The molecule has 0 spiro atoms. The van der Waals surface area contributed by atoms with Crippen LogP contribution in [0.1, 0.15) is 41.0 Å². The predicted octanol–water partition coefficient (Wildman–Crippen LogP) is 4.84. The summed E-state index contributed by atoms with van der Waals surface area (Å²) < 4.78 is 0. The van der Waals surface area contributed by atoms with Gasteiger partial charge in [0.1, 0.15) is 5.41 Å². The third-order valence-electron chi connectivity index (χ3n) is 5.94. The summed E-state index contributed by atoms with van der Waals surface area (Å²) in [5.41, 5.74) is 4.04. The Morgan fingerprint density at radius 3 is 2.00 bits per heavy atom. The van der Waals surface area contributed by atoms with Crippen molar-refractivity contribution in [3.8, 4) is 0 Å². The Kier molecular flexibility index (Phi) is 4.81. The lowest BCUT2D eigenvalue weighted by Crippen LogP contribution is -2.49. The van der Waals surface area contributed by atoms with E-state index in [9.17, 15) is 4.79 Å². The molecule has 27 heavy (non-hydrogen) atoms. The second kappa shape index (κ2) is 7.40. The lowest BCUT2D eigenvalue weighted by atomic mass is 9.59. The lowest BCUT2D eigenvalue weighted by molar-refractivity contribution is -0.125. The van der Waals surface area contributed by atoms with Crippen LogP contribution in [0.15, 0.2) is 84.9 Å². The summed E-state index contributed by atoms with van der Waals surface area (Å²) in [4.78, 5) is 13.6. The van der Waals surface area contributed by atoms with Gasteiger partial charge in [0.05, 0.1) is 0 Å². The van der Waals surface area contributed by atoms with E-state index in [1.54, 1.807) is 7.05 Å². The van der Waals surface area contributed by atoms with Crippen molar-refractivity contribution >= 4 is 5.91 Å². The number of fused-ring (bicyclic) bond motifs is 1. The van der Waals surface area contributed by atoms with Crippen LogP contribution < -0.4 is 5.32 Å². The largest absolute Gasteiger partial charge is 0.358 e. The second-order valence-corrected chi connectivity index (χ2v) is 7.26. The van der Waals surface area contributed by atoms with E-state index >= 15 is 0 Å². The number of carbonyl (C=O) groups excluding carboxylic acids is 1. The zero-order valence-electron chi connectivity index (χ0n) is 15.7. The third-order valence-corrected chi connectivity index (χ3v) is 5.94. The van der Waals surface area contributed by atoms with E-state index in [1.807, 2.05) is 36.4 Å². The van der Waals surface area contributed by atoms with Gasteiger partial charge < -0.3 is 5.32 Å². The summed E-state index contributed by atoms with van der Waals surface area (Å²) in [5.74, 6) is 0.161. The molecule has 1 aliphatic rings. The topological polar surface area (TPSA) is 29.1 Å². The first kappa shape index (κ1) is 17.5. The molecule has 3 aromatic rings. The average Bonchev–Trinajstić information content (AvgIpc) is 2.76. The van der Waals surface area contributed by atoms with E-state index in [0.29, 0.717) is 0 Å². The van der Waals surface area contributed by atoms with Crippen LogP contribution in [0, 0.1) is 0 Å². The van der Waals surface area contributed by atoms with Gasteiger partial charge in [0.15, 0.2) is 0 Å². The van der Waals surface area contributed by atoms with Crippen molar-refractivity contribution in [2.75, 3.05) is 7.05 Å². The van der Waals surface area contributed by atoms with E-state index < -0.39 is 5.41 Å². The molecule has 0 radical (unpaired) electrons. The van der Waals surface area contributed by atoms with E-state index in [0.717, 1.165) is 30.4 Å². The zero-order chi connectivity index (χ0) is 18.7. The first-order valence-electron chi connectivity index (χ1n) is 9.69. The molecule has 1 aliphatic carbocycles. The normalized spacial score (nSPS) is 16.4. The molecule has 0 saturated heterocycles. The van der Waals surface area contributed by atoms with Crippen LogP contribution in [0.2, 0.25) is 0 Å². The molecule has 1 amide bonds. The van der Waals surface area contributed by atoms with E-state index in [-0.39, 0.29) is 11.8 Å². The standard InChI is InChI=1S/C25H25NO/c1-26-24(27)25(20-13-4-2-5-14-20,21-15-6-3-7-16-21)23-18-10-12-19-11-8-9-17-22(19)23/h2-9,11,13-17,23H,10,12,18H2,1H3,(H,26,27). The molecular formula is C25H25NO. The van der Waals surface area contributed by atoms with Crippen LogP contribution in [-0.2, 0) is 16.6 Å². The van der Waals surface area contributed by atoms with Crippen molar-refractivity contribution in [2.24, 2.45) is 0 Å². The first-order chi connectivity index (χ1) is 13.3. The van der Waals surface area contributed by atoms with Crippen LogP contribution in [0.5, 0.6) is 0 Å². The lowest BCUT2D eigenvalue weighted by Gasteiger charge is -2.43. The smallest absolute Gasteiger partial charge is 0.235 e. The number of nitrogens with one attached hydrogen (secondary N) is 1. The molecule has 2 heteroatoms. The molecule has 1 atom stereocenters. The number of aryl methyl sites for hydroxylation is 1. The summed E-state index contributed by atoms with van der Waals surface area (Å²) >= 11 is 0. The highest BCUT2D eigenvalue weighted by Crippen LogP contribution is 2.50. The Bertz CT molecular complexity index is 878. The van der Waals surface area contributed by atoms with E-state index in [1.165, 1.54) is 11.1 Å². The zero-order valence-corrected chi connectivity index (χ0v) is 15.7.